The van der Waals surface area contributed by atoms with Crippen LogP contribution in [0.1, 0.15) is 13.3 Å². The predicted molar refractivity (Wildman–Crippen MR) is 94.7 cm³/mol. The van der Waals surface area contributed by atoms with Crippen LogP contribution in [0, 0.1) is 12.3 Å². The lowest BCUT2D eigenvalue weighted by atomic mass is 10.1. The lowest BCUT2D eigenvalue weighted by Gasteiger charge is -2.34. The number of hydrogen-bond donors (Lipinski definition) is 0. The van der Waals surface area contributed by atoms with E-state index < -0.39 is 22.0 Å². The highest BCUT2D eigenvalue weighted by Gasteiger charge is 2.33. The first kappa shape index (κ1) is 17.2. The van der Waals surface area contributed by atoms with Crippen LogP contribution in [-0.4, -0.2) is 22.0 Å². The summed E-state index contributed by atoms with van der Waals surface area (Å²) >= 11 is 0. The zero-order valence-electron chi connectivity index (χ0n) is 13.8. The molecule has 1 unspecified atom stereocenters. The first-order chi connectivity index (χ1) is 9.08. The van der Waals surface area contributed by atoms with Crippen LogP contribution in [0.15, 0.2) is 30.3 Å². The van der Waals surface area contributed by atoms with Crippen LogP contribution in [-0.2, 0) is 4.43 Å². The summed E-state index contributed by atoms with van der Waals surface area (Å²) < 4.78 is 6.23. The molecule has 1 aromatic rings. The summed E-state index contributed by atoms with van der Waals surface area (Å²) in [7, 11) is -3.06. The standard InChI is InChI=1S/C17H28OSi2/c1-8-17(2,18-19(3,4)5)14-15-20(6,7)16-12-10-9-11-13-16/h1,9-13H,14-15H2,2-7H3. The number of hydrogen-bond acceptors (Lipinski definition) is 1. The zero-order valence-corrected chi connectivity index (χ0v) is 15.8. The molecular formula is C17H28OSi2. The summed E-state index contributed by atoms with van der Waals surface area (Å²) in [5.74, 6) is 2.89. The van der Waals surface area contributed by atoms with Crippen molar-refractivity contribution in [3.63, 3.8) is 0 Å². The summed E-state index contributed by atoms with van der Waals surface area (Å²) in [6.45, 7) is 13.5. The minimum atomic E-state index is -1.62. The molecule has 1 atom stereocenters. The Hall–Kier alpha value is -0.826. The molecule has 1 nitrogen and oxygen atoms in total. The lowest BCUT2D eigenvalue weighted by molar-refractivity contribution is 0.138. The molecule has 0 aliphatic rings. The molecule has 0 radical (unpaired) electrons. The average molecular weight is 305 g/mol. The van der Waals surface area contributed by atoms with Crippen LogP contribution in [0.4, 0.5) is 0 Å². The van der Waals surface area contributed by atoms with Gasteiger partial charge in [-0.2, -0.15) is 0 Å². The monoisotopic (exact) mass is 304 g/mol. The van der Waals surface area contributed by atoms with Gasteiger partial charge in [-0.1, -0.05) is 54.5 Å². The lowest BCUT2D eigenvalue weighted by Crippen LogP contribution is -2.45. The van der Waals surface area contributed by atoms with E-state index >= 15 is 0 Å². The highest BCUT2D eigenvalue weighted by molar-refractivity contribution is 6.89. The molecule has 0 saturated carbocycles. The van der Waals surface area contributed by atoms with Gasteiger partial charge in [-0.25, -0.2) is 0 Å². The van der Waals surface area contributed by atoms with Gasteiger partial charge in [-0.3, -0.25) is 0 Å². The second kappa shape index (κ2) is 6.30. The topological polar surface area (TPSA) is 9.23 Å². The number of benzene rings is 1. The van der Waals surface area contributed by atoms with Crippen molar-refractivity contribution >= 4 is 21.6 Å². The SMILES string of the molecule is C#CC(C)(CC[Si](C)(C)c1ccccc1)O[Si](C)(C)C. The Balaban J connectivity index is 2.76. The number of rotatable bonds is 6. The van der Waals surface area contributed by atoms with Crippen molar-refractivity contribution in [3.05, 3.63) is 30.3 Å². The van der Waals surface area contributed by atoms with E-state index in [1.807, 2.05) is 0 Å². The Morgan fingerprint density at radius 1 is 1.10 bits per heavy atom. The minimum Gasteiger partial charge on any atom is -0.402 e. The molecule has 0 fully saturated rings. The first-order valence-corrected chi connectivity index (χ1v) is 13.9. The largest absolute Gasteiger partial charge is 0.402 e. The van der Waals surface area contributed by atoms with Crippen molar-refractivity contribution < 1.29 is 4.43 Å². The Morgan fingerprint density at radius 2 is 1.65 bits per heavy atom. The van der Waals surface area contributed by atoms with E-state index in [4.69, 9.17) is 10.8 Å². The van der Waals surface area contributed by atoms with Gasteiger partial charge < -0.3 is 4.43 Å². The third-order valence-corrected chi connectivity index (χ3v) is 8.08. The molecule has 0 spiro atoms. The Kier molecular flexibility index (Phi) is 5.42. The fourth-order valence-electron chi connectivity index (χ4n) is 2.41. The molecule has 0 aromatic heterocycles. The summed E-state index contributed by atoms with van der Waals surface area (Å²) in [5.41, 5.74) is -0.413. The predicted octanol–water partition coefficient (Wildman–Crippen LogP) is 4.24. The third kappa shape index (κ3) is 5.28. The van der Waals surface area contributed by atoms with Crippen LogP contribution < -0.4 is 5.19 Å². The molecule has 0 amide bonds. The maximum atomic E-state index is 6.23. The molecule has 1 rings (SSSR count). The number of terminal acetylenes is 1. The van der Waals surface area contributed by atoms with Crippen molar-refractivity contribution in [1.82, 2.24) is 0 Å². The highest BCUT2D eigenvalue weighted by atomic mass is 28.4. The zero-order chi connectivity index (χ0) is 15.4. The molecule has 0 heterocycles. The quantitative estimate of drug-likeness (QED) is 0.564. The van der Waals surface area contributed by atoms with Gasteiger partial charge in [0, 0.05) is 0 Å². The smallest absolute Gasteiger partial charge is 0.185 e. The summed E-state index contributed by atoms with van der Waals surface area (Å²) in [6, 6.07) is 12.0. The van der Waals surface area contributed by atoms with Gasteiger partial charge in [0.1, 0.15) is 5.60 Å². The maximum Gasteiger partial charge on any atom is 0.185 e. The van der Waals surface area contributed by atoms with Crippen molar-refractivity contribution in [3.8, 4) is 12.3 Å². The normalized spacial score (nSPS) is 15.4. The molecule has 0 aliphatic heterocycles. The minimum absolute atomic E-state index is 0.413. The fraction of sp³-hybridized carbons (Fsp3) is 0.529. The van der Waals surface area contributed by atoms with E-state index in [1.165, 1.54) is 5.19 Å². The molecular weight excluding hydrogens is 276 g/mol. The summed E-state index contributed by atoms with van der Waals surface area (Å²) in [5, 5.41) is 1.49. The molecule has 110 valence electrons. The van der Waals surface area contributed by atoms with E-state index in [1.54, 1.807) is 0 Å². The van der Waals surface area contributed by atoms with Crippen LogP contribution in [0.25, 0.3) is 0 Å². The fourth-order valence-corrected chi connectivity index (χ4v) is 6.41. The van der Waals surface area contributed by atoms with Crippen molar-refractivity contribution in [2.24, 2.45) is 0 Å². The Labute approximate surface area is 126 Å². The van der Waals surface area contributed by atoms with Gasteiger partial charge in [0.15, 0.2) is 8.32 Å². The van der Waals surface area contributed by atoms with Crippen LogP contribution in [0.2, 0.25) is 38.8 Å². The second-order valence-corrected chi connectivity index (χ2v) is 16.6. The average Bonchev–Trinajstić information content (AvgIpc) is 2.36. The molecule has 3 heteroatoms. The Bertz CT molecular complexity index is 468. The van der Waals surface area contributed by atoms with Gasteiger partial charge in [0.25, 0.3) is 0 Å². The maximum absolute atomic E-state index is 6.23. The molecule has 0 saturated heterocycles. The molecule has 20 heavy (non-hydrogen) atoms. The van der Waals surface area contributed by atoms with Crippen molar-refractivity contribution in [2.45, 2.75) is 57.7 Å². The van der Waals surface area contributed by atoms with Gasteiger partial charge in [-0.15, -0.1) is 6.42 Å². The van der Waals surface area contributed by atoms with E-state index in [-0.39, 0.29) is 0 Å². The highest BCUT2D eigenvalue weighted by Crippen LogP contribution is 2.26. The van der Waals surface area contributed by atoms with E-state index in [9.17, 15) is 0 Å². The van der Waals surface area contributed by atoms with Gasteiger partial charge in [0.2, 0.25) is 0 Å². The van der Waals surface area contributed by atoms with Crippen molar-refractivity contribution in [1.29, 1.82) is 0 Å². The van der Waals surface area contributed by atoms with Gasteiger partial charge in [0.05, 0.1) is 8.07 Å². The third-order valence-electron chi connectivity index (χ3n) is 3.62. The molecule has 0 aliphatic carbocycles. The summed E-state index contributed by atoms with van der Waals surface area (Å²) in [6.07, 6.45) is 6.69. The van der Waals surface area contributed by atoms with Gasteiger partial charge in [-0.05, 0) is 39.0 Å². The summed E-state index contributed by atoms with van der Waals surface area (Å²) in [4.78, 5) is 0. The van der Waals surface area contributed by atoms with E-state index in [0.717, 1.165) is 12.5 Å². The second-order valence-electron chi connectivity index (χ2n) is 7.34. The van der Waals surface area contributed by atoms with Crippen molar-refractivity contribution in [2.75, 3.05) is 0 Å². The molecule has 0 bridgehead atoms. The first-order valence-electron chi connectivity index (χ1n) is 7.31. The molecule has 0 N–H and O–H groups in total. The van der Waals surface area contributed by atoms with Crippen LogP contribution in [0.5, 0.6) is 0 Å². The Morgan fingerprint density at radius 3 is 2.10 bits per heavy atom. The van der Waals surface area contributed by atoms with E-state index in [2.05, 4.69) is 75.9 Å². The van der Waals surface area contributed by atoms with Crippen LogP contribution in [0.3, 0.4) is 0 Å². The van der Waals surface area contributed by atoms with Crippen LogP contribution >= 0.6 is 0 Å². The molecule has 1 aromatic carbocycles. The van der Waals surface area contributed by atoms with E-state index in [0.29, 0.717) is 0 Å². The van der Waals surface area contributed by atoms with Gasteiger partial charge >= 0.3 is 0 Å².